The van der Waals surface area contributed by atoms with Crippen molar-refractivity contribution in [2.75, 3.05) is 0 Å². The molecule has 21 heavy (non-hydrogen) atoms. The molecule has 0 aliphatic carbocycles. The second-order valence-corrected chi connectivity index (χ2v) is 5.59. The average molecular weight is 287 g/mol. The van der Waals surface area contributed by atoms with Crippen LogP contribution in [-0.4, -0.2) is 22.6 Å². The maximum absolute atomic E-state index is 12.4. The van der Waals surface area contributed by atoms with E-state index in [4.69, 9.17) is 0 Å². The van der Waals surface area contributed by atoms with Crippen molar-refractivity contribution in [1.82, 2.24) is 0 Å². The van der Waals surface area contributed by atoms with Crippen molar-refractivity contribution in [3.63, 3.8) is 0 Å². The number of fused-ring (bicyclic) bond motifs is 1. The molecule has 0 aromatic heterocycles. The number of benzene rings is 1. The molecule has 0 spiro atoms. The van der Waals surface area contributed by atoms with Crippen molar-refractivity contribution in [2.24, 2.45) is 16.8 Å². The van der Waals surface area contributed by atoms with Gasteiger partial charge in [-0.05, 0) is 24.5 Å². The van der Waals surface area contributed by atoms with Gasteiger partial charge in [-0.2, -0.15) is 0 Å². The first kappa shape index (κ1) is 15.4. The predicted octanol–water partition coefficient (Wildman–Crippen LogP) is 3.87. The molecule has 2 unspecified atom stereocenters. The molecule has 2 rings (SSSR count). The van der Waals surface area contributed by atoms with Crippen LogP contribution in [0.5, 0.6) is 0 Å². The average Bonchev–Trinajstić information content (AvgIpc) is 2.46. The number of carboxylic acids is 1. The fourth-order valence-electron chi connectivity index (χ4n) is 2.75. The van der Waals surface area contributed by atoms with Gasteiger partial charge in [0.1, 0.15) is 0 Å². The Kier molecular flexibility index (Phi) is 4.89. The van der Waals surface area contributed by atoms with Crippen LogP contribution in [-0.2, 0) is 4.79 Å². The molecule has 112 valence electrons. The Labute approximate surface area is 124 Å². The summed E-state index contributed by atoms with van der Waals surface area (Å²) in [6.45, 7) is 4.09. The monoisotopic (exact) mass is 287 g/mol. The van der Waals surface area contributed by atoms with E-state index in [1.54, 1.807) is 18.2 Å². The first-order chi connectivity index (χ1) is 10.1. The van der Waals surface area contributed by atoms with Gasteiger partial charge >= 0.3 is 5.97 Å². The minimum absolute atomic E-state index is 0.00922. The molecule has 1 aromatic rings. The Balaban J connectivity index is 2.34. The van der Waals surface area contributed by atoms with E-state index in [0.29, 0.717) is 17.0 Å². The Bertz CT molecular complexity index is 577. The summed E-state index contributed by atoms with van der Waals surface area (Å²) in [7, 11) is 0. The van der Waals surface area contributed by atoms with E-state index in [1.165, 1.54) is 0 Å². The smallest absolute Gasteiger partial charge is 0.320 e. The first-order valence-electron chi connectivity index (χ1n) is 7.50. The number of carbonyl (C=O) groups excluding carboxylic acids is 1. The standard InChI is InChI=1S/C17H21NO3/c1-3-4-5-8-11(2)15-14(17(20)21)16(19)12-9-6-7-10-13(12)18-15/h6-7,9-11,14H,3-5,8H2,1-2H3,(H,20,21). The van der Waals surface area contributed by atoms with Crippen LogP contribution in [0.15, 0.2) is 29.3 Å². The minimum atomic E-state index is -1.13. The zero-order chi connectivity index (χ0) is 15.4. The summed E-state index contributed by atoms with van der Waals surface area (Å²) < 4.78 is 0. The number of ketones is 1. The van der Waals surface area contributed by atoms with Crippen molar-refractivity contribution < 1.29 is 14.7 Å². The van der Waals surface area contributed by atoms with E-state index < -0.39 is 11.9 Å². The number of rotatable bonds is 6. The van der Waals surface area contributed by atoms with Gasteiger partial charge in [-0.1, -0.05) is 45.2 Å². The van der Waals surface area contributed by atoms with Gasteiger partial charge < -0.3 is 5.11 Å². The molecule has 0 amide bonds. The van der Waals surface area contributed by atoms with E-state index in [-0.39, 0.29) is 11.7 Å². The summed E-state index contributed by atoms with van der Waals surface area (Å²) >= 11 is 0. The number of carbonyl (C=O) groups is 2. The molecule has 0 saturated carbocycles. The zero-order valence-electron chi connectivity index (χ0n) is 12.5. The highest BCUT2D eigenvalue weighted by molar-refractivity contribution is 6.27. The molecule has 1 aromatic carbocycles. The molecule has 2 atom stereocenters. The van der Waals surface area contributed by atoms with Gasteiger partial charge in [-0.15, -0.1) is 0 Å². The maximum Gasteiger partial charge on any atom is 0.320 e. The molecule has 1 aliphatic rings. The summed E-state index contributed by atoms with van der Waals surface area (Å²) in [6, 6.07) is 6.97. The molecule has 4 heteroatoms. The van der Waals surface area contributed by atoms with E-state index in [2.05, 4.69) is 11.9 Å². The van der Waals surface area contributed by atoms with Crippen LogP contribution in [0.25, 0.3) is 0 Å². The van der Waals surface area contributed by atoms with Crippen LogP contribution < -0.4 is 0 Å². The Morgan fingerprint density at radius 3 is 2.71 bits per heavy atom. The number of para-hydroxylation sites is 1. The quantitative estimate of drug-likeness (QED) is 0.638. The number of carboxylic acid groups (broad SMARTS) is 1. The number of unbranched alkanes of at least 4 members (excludes halogenated alkanes) is 2. The second-order valence-electron chi connectivity index (χ2n) is 5.59. The fourth-order valence-corrected chi connectivity index (χ4v) is 2.75. The van der Waals surface area contributed by atoms with Crippen LogP contribution in [0.2, 0.25) is 0 Å². The summed E-state index contributed by atoms with van der Waals surface area (Å²) in [5, 5.41) is 9.42. The third-order valence-electron chi connectivity index (χ3n) is 3.97. The summed E-state index contributed by atoms with van der Waals surface area (Å²) in [5.41, 5.74) is 1.51. The first-order valence-corrected chi connectivity index (χ1v) is 7.50. The van der Waals surface area contributed by atoms with Crippen molar-refractivity contribution in [1.29, 1.82) is 0 Å². The highest BCUT2D eigenvalue weighted by atomic mass is 16.4. The molecular weight excluding hydrogens is 266 g/mol. The highest BCUT2D eigenvalue weighted by Gasteiger charge is 2.38. The molecule has 0 bridgehead atoms. The number of aliphatic imine (C=N–C) groups is 1. The number of hydrogen-bond acceptors (Lipinski definition) is 3. The predicted molar refractivity (Wildman–Crippen MR) is 82.3 cm³/mol. The summed E-state index contributed by atoms with van der Waals surface area (Å²) in [5.74, 6) is -2.56. The van der Waals surface area contributed by atoms with Gasteiger partial charge in [0.15, 0.2) is 11.7 Å². The Morgan fingerprint density at radius 2 is 2.05 bits per heavy atom. The topological polar surface area (TPSA) is 66.7 Å². The summed E-state index contributed by atoms with van der Waals surface area (Å²) in [6.07, 6.45) is 4.12. The largest absolute Gasteiger partial charge is 0.480 e. The third-order valence-corrected chi connectivity index (χ3v) is 3.97. The van der Waals surface area contributed by atoms with Crippen LogP contribution in [0.3, 0.4) is 0 Å². The van der Waals surface area contributed by atoms with Gasteiger partial charge in [-0.25, -0.2) is 0 Å². The van der Waals surface area contributed by atoms with E-state index in [9.17, 15) is 14.7 Å². The molecule has 0 radical (unpaired) electrons. The van der Waals surface area contributed by atoms with E-state index >= 15 is 0 Å². The number of nitrogens with zero attached hydrogens (tertiary/aromatic N) is 1. The molecular formula is C17H21NO3. The van der Waals surface area contributed by atoms with Gasteiger partial charge in [0.25, 0.3) is 0 Å². The van der Waals surface area contributed by atoms with E-state index in [1.807, 2.05) is 13.0 Å². The lowest BCUT2D eigenvalue weighted by Gasteiger charge is -2.25. The van der Waals surface area contributed by atoms with Crippen LogP contribution in [0.1, 0.15) is 49.9 Å². The van der Waals surface area contributed by atoms with Crippen LogP contribution in [0.4, 0.5) is 5.69 Å². The number of hydrogen-bond donors (Lipinski definition) is 1. The lowest BCUT2D eigenvalue weighted by Crippen LogP contribution is -2.37. The maximum atomic E-state index is 12.4. The highest BCUT2D eigenvalue weighted by Crippen LogP contribution is 2.32. The number of aliphatic carboxylic acids is 1. The van der Waals surface area contributed by atoms with Gasteiger partial charge in [0.2, 0.25) is 0 Å². The van der Waals surface area contributed by atoms with E-state index in [0.717, 1.165) is 25.7 Å². The van der Waals surface area contributed by atoms with Crippen molar-refractivity contribution in [2.45, 2.75) is 39.5 Å². The van der Waals surface area contributed by atoms with Crippen LogP contribution >= 0.6 is 0 Å². The lowest BCUT2D eigenvalue weighted by atomic mass is 9.82. The third kappa shape index (κ3) is 3.20. The summed E-state index contributed by atoms with van der Waals surface area (Å²) in [4.78, 5) is 28.5. The Morgan fingerprint density at radius 1 is 1.33 bits per heavy atom. The number of Topliss-reactive ketones (excluding diaryl/α,β-unsaturated/α-hetero) is 1. The normalized spacial score (nSPS) is 18.9. The second kappa shape index (κ2) is 6.66. The van der Waals surface area contributed by atoms with Gasteiger partial charge in [0, 0.05) is 11.3 Å². The molecule has 1 aliphatic heterocycles. The molecule has 4 nitrogen and oxygen atoms in total. The lowest BCUT2D eigenvalue weighted by molar-refractivity contribution is -0.138. The zero-order valence-corrected chi connectivity index (χ0v) is 12.5. The van der Waals surface area contributed by atoms with Gasteiger partial charge in [0.05, 0.1) is 5.69 Å². The van der Waals surface area contributed by atoms with Gasteiger partial charge in [-0.3, -0.25) is 14.6 Å². The van der Waals surface area contributed by atoms with Crippen molar-refractivity contribution >= 4 is 23.2 Å². The molecule has 0 fully saturated rings. The SMILES string of the molecule is CCCCCC(C)C1=Nc2ccccc2C(=O)C1C(=O)O. The molecule has 0 saturated heterocycles. The van der Waals surface area contributed by atoms with Crippen molar-refractivity contribution in [3.8, 4) is 0 Å². The minimum Gasteiger partial charge on any atom is -0.480 e. The Hall–Kier alpha value is -1.97. The fraction of sp³-hybridized carbons (Fsp3) is 0.471. The van der Waals surface area contributed by atoms with Crippen molar-refractivity contribution in [3.05, 3.63) is 29.8 Å². The molecule has 1 heterocycles. The van der Waals surface area contributed by atoms with Crippen LogP contribution in [0, 0.1) is 11.8 Å². The molecule has 1 N–H and O–H groups in total.